The summed E-state index contributed by atoms with van der Waals surface area (Å²) in [7, 11) is -3.61. The summed E-state index contributed by atoms with van der Waals surface area (Å²) in [5.41, 5.74) is 1.53. The van der Waals surface area contributed by atoms with Gasteiger partial charge in [-0.05, 0) is 43.7 Å². The van der Waals surface area contributed by atoms with E-state index in [9.17, 15) is 13.2 Å². The van der Waals surface area contributed by atoms with Crippen LogP contribution in [0.2, 0.25) is 0 Å². The quantitative estimate of drug-likeness (QED) is 0.639. The zero-order chi connectivity index (χ0) is 21.5. The normalized spacial score (nSPS) is 16.7. The second-order valence-corrected chi connectivity index (χ2v) is 9.64. The fraction of sp³-hybridized carbons (Fsp3) is 0.364. The molecule has 2 heterocycles. The van der Waals surface area contributed by atoms with Gasteiger partial charge in [-0.3, -0.25) is 4.79 Å². The lowest BCUT2D eigenvalue weighted by atomic mass is 9.98. The summed E-state index contributed by atoms with van der Waals surface area (Å²) in [6.45, 7) is 6.73. The molecule has 2 aromatic carbocycles. The number of aryl methyl sites for hydroxylation is 2. The maximum atomic E-state index is 13.1. The van der Waals surface area contributed by atoms with Gasteiger partial charge in [0.1, 0.15) is 5.76 Å². The minimum Gasteiger partial charge on any atom is -0.361 e. The van der Waals surface area contributed by atoms with Crippen LogP contribution in [-0.4, -0.2) is 54.9 Å². The van der Waals surface area contributed by atoms with E-state index in [1.165, 1.54) is 4.31 Å². The minimum absolute atomic E-state index is 0.0350. The minimum atomic E-state index is -3.61. The van der Waals surface area contributed by atoms with Gasteiger partial charge in [-0.2, -0.15) is 4.31 Å². The Morgan fingerprint density at radius 3 is 2.33 bits per heavy atom. The fourth-order valence-corrected chi connectivity index (χ4v) is 5.59. The number of hydrogen-bond acceptors (Lipinski definition) is 5. The largest absolute Gasteiger partial charge is 0.361 e. The molecular formula is C22H25N3O4S. The van der Waals surface area contributed by atoms with Crippen LogP contribution in [0.1, 0.15) is 29.9 Å². The Hall–Kier alpha value is -2.71. The van der Waals surface area contributed by atoms with Gasteiger partial charge in [-0.25, -0.2) is 8.42 Å². The van der Waals surface area contributed by atoms with E-state index >= 15 is 0 Å². The highest BCUT2D eigenvalue weighted by atomic mass is 32.2. The molecule has 1 saturated heterocycles. The third kappa shape index (κ3) is 3.61. The maximum Gasteiger partial charge on any atom is 0.243 e. The number of benzene rings is 2. The summed E-state index contributed by atoms with van der Waals surface area (Å²) in [5, 5.41) is 5.82. The van der Waals surface area contributed by atoms with Crippen LogP contribution in [0.15, 0.2) is 51.9 Å². The predicted octanol–water partition coefficient (Wildman–Crippen LogP) is 3.08. The monoisotopic (exact) mass is 427 g/mol. The van der Waals surface area contributed by atoms with Gasteiger partial charge in [0, 0.05) is 31.7 Å². The van der Waals surface area contributed by atoms with Crippen LogP contribution in [0.4, 0.5) is 0 Å². The molecule has 1 aromatic heterocycles. The highest BCUT2D eigenvalue weighted by Crippen LogP contribution is 2.27. The van der Waals surface area contributed by atoms with Crippen LogP contribution in [0, 0.1) is 13.8 Å². The van der Waals surface area contributed by atoms with Crippen LogP contribution in [0.25, 0.3) is 10.8 Å². The molecule has 4 rings (SSSR count). The molecule has 7 nitrogen and oxygen atoms in total. The van der Waals surface area contributed by atoms with Crippen molar-refractivity contribution in [1.82, 2.24) is 14.4 Å². The van der Waals surface area contributed by atoms with E-state index in [4.69, 9.17) is 4.52 Å². The number of amides is 1. The first-order valence-electron chi connectivity index (χ1n) is 9.99. The average molecular weight is 428 g/mol. The Morgan fingerprint density at radius 1 is 1.03 bits per heavy atom. The van der Waals surface area contributed by atoms with Crippen LogP contribution in [-0.2, 0) is 14.8 Å². The van der Waals surface area contributed by atoms with Gasteiger partial charge < -0.3 is 9.42 Å². The molecular weight excluding hydrogens is 402 g/mol. The molecule has 0 bridgehead atoms. The number of carbonyl (C=O) groups excluding carboxylic acids is 1. The third-order valence-electron chi connectivity index (χ3n) is 5.80. The van der Waals surface area contributed by atoms with E-state index in [1.807, 2.05) is 44.2 Å². The van der Waals surface area contributed by atoms with Gasteiger partial charge in [-0.1, -0.05) is 35.5 Å². The van der Waals surface area contributed by atoms with Gasteiger partial charge in [0.25, 0.3) is 0 Å². The van der Waals surface area contributed by atoms with Crippen LogP contribution in [0.3, 0.4) is 0 Å². The highest BCUT2D eigenvalue weighted by Gasteiger charge is 2.33. The summed E-state index contributed by atoms with van der Waals surface area (Å²) in [6, 6.07) is 12.9. The summed E-state index contributed by atoms with van der Waals surface area (Å²) >= 11 is 0. The van der Waals surface area contributed by atoms with Crippen LogP contribution in [0.5, 0.6) is 0 Å². The lowest BCUT2D eigenvalue weighted by Gasteiger charge is -2.35. The topological polar surface area (TPSA) is 83.7 Å². The van der Waals surface area contributed by atoms with E-state index in [0.29, 0.717) is 24.5 Å². The molecule has 0 saturated carbocycles. The second-order valence-electron chi connectivity index (χ2n) is 7.70. The number of hydrogen-bond donors (Lipinski definition) is 0. The van der Waals surface area contributed by atoms with Crippen molar-refractivity contribution in [2.75, 3.05) is 26.2 Å². The molecule has 8 heteroatoms. The van der Waals surface area contributed by atoms with Crippen molar-refractivity contribution >= 4 is 26.7 Å². The van der Waals surface area contributed by atoms with E-state index in [2.05, 4.69) is 5.16 Å². The van der Waals surface area contributed by atoms with Crippen molar-refractivity contribution < 1.29 is 17.7 Å². The molecule has 1 atom stereocenters. The Morgan fingerprint density at radius 2 is 1.70 bits per heavy atom. The Labute approximate surface area is 176 Å². The van der Waals surface area contributed by atoms with Gasteiger partial charge in [-0.15, -0.1) is 0 Å². The van der Waals surface area contributed by atoms with E-state index in [-0.39, 0.29) is 29.8 Å². The SMILES string of the molecule is Cc1noc(C)c1C(C)C(=O)N1CCN(S(=O)(=O)c2ccc3ccccc3c2)CC1. The van der Waals surface area contributed by atoms with E-state index in [1.54, 1.807) is 24.0 Å². The molecule has 30 heavy (non-hydrogen) atoms. The van der Waals surface area contributed by atoms with E-state index in [0.717, 1.165) is 16.3 Å². The molecule has 158 valence electrons. The lowest BCUT2D eigenvalue weighted by Crippen LogP contribution is -2.51. The van der Waals surface area contributed by atoms with Crippen LogP contribution < -0.4 is 0 Å². The Bertz CT molecular complexity index is 1170. The first kappa shape index (κ1) is 20.6. The number of rotatable bonds is 4. The smallest absolute Gasteiger partial charge is 0.243 e. The second kappa shape index (κ2) is 7.85. The Kier molecular flexibility index (Phi) is 5.38. The van der Waals surface area contributed by atoms with Crippen molar-refractivity contribution in [2.45, 2.75) is 31.6 Å². The summed E-state index contributed by atoms with van der Waals surface area (Å²) < 4.78 is 32.9. The number of sulfonamides is 1. The summed E-state index contributed by atoms with van der Waals surface area (Å²) in [4.78, 5) is 15.0. The number of piperazine rings is 1. The molecule has 0 radical (unpaired) electrons. The van der Waals surface area contributed by atoms with Crippen molar-refractivity contribution in [1.29, 1.82) is 0 Å². The predicted molar refractivity (Wildman–Crippen MR) is 114 cm³/mol. The number of carbonyl (C=O) groups is 1. The average Bonchev–Trinajstić information content (AvgIpc) is 3.10. The standard InChI is InChI=1S/C22H25N3O4S/c1-15(21-16(2)23-29-17(21)3)22(26)24-10-12-25(13-11-24)30(27,28)20-9-8-18-6-4-5-7-19(18)14-20/h4-9,14-15H,10-13H2,1-3H3. The van der Waals surface area contributed by atoms with Crippen LogP contribution >= 0.6 is 0 Å². The fourth-order valence-electron chi connectivity index (χ4n) is 4.13. The lowest BCUT2D eigenvalue weighted by molar-refractivity contribution is -0.133. The summed E-state index contributed by atoms with van der Waals surface area (Å²) in [5.74, 6) is 0.234. The van der Waals surface area contributed by atoms with Gasteiger partial charge >= 0.3 is 0 Å². The molecule has 1 unspecified atom stereocenters. The third-order valence-corrected chi connectivity index (χ3v) is 7.70. The molecule has 0 aliphatic carbocycles. The molecule has 3 aromatic rings. The van der Waals surface area contributed by atoms with Gasteiger partial charge in [0.2, 0.25) is 15.9 Å². The zero-order valence-electron chi connectivity index (χ0n) is 17.3. The van der Waals surface area contributed by atoms with Crippen molar-refractivity contribution in [3.8, 4) is 0 Å². The number of nitrogens with zero attached hydrogens (tertiary/aromatic N) is 3. The van der Waals surface area contributed by atoms with Crippen molar-refractivity contribution in [3.05, 3.63) is 59.5 Å². The van der Waals surface area contributed by atoms with Gasteiger partial charge in [0.05, 0.1) is 16.5 Å². The highest BCUT2D eigenvalue weighted by molar-refractivity contribution is 7.89. The molecule has 1 aliphatic rings. The molecule has 1 amide bonds. The van der Waals surface area contributed by atoms with Crippen molar-refractivity contribution in [3.63, 3.8) is 0 Å². The van der Waals surface area contributed by atoms with Gasteiger partial charge in [0.15, 0.2) is 0 Å². The molecule has 1 aliphatic heterocycles. The maximum absolute atomic E-state index is 13.1. The number of aromatic nitrogens is 1. The molecule has 1 fully saturated rings. The zero-order valence-corrected chi connectivity index (χ0v) is 18.1. The van der Waals surface area contributed by atoms with E-state index < -0.39 is 10.0 Å². The van der Waals surface area contributed by atoms with Crippen molar-refractivity contribution in [2.24, 2.45) is 0 Å². The molecule has 0 spiro atoms. The Balaban J connectivity index is 1.47. The first-order valence-corrected chi connectivity index (χ1v) is 11.4. The molecule has 0 N–H and O–H groups in total. The summed E-state index contributed by atoms with van der Waals surface area (Å²) in [6.07, 6.45) is 0. The first-order chi connectivity index (χ1) is 14.3. The number of fused-ring (bicyclic) bond motifs is 1.